The van der Waals surface area contributed by atoms with Crippen LogP contribution in [0.2, 0.25) is 0 Å². The van der Waals surface area contributed by atoms with Crippen LogP contribution in [0.3, 0.4) is 0 Å². The molecule has 0 spiro atoms. The van der Waals surface area contributed by atoms with Gasteiger partial charge >= 0.3 is 5.97 Å². The van der Waals surface area contributed by atoms with Gasteiger partial charge in [0.25, 0.3) is 0 Å². The topological polar surface area (TPSA) is 43.9 Å². The summed E-state index contributed by atoms with van der Waals surface area (Å²) >= 11 is 0. The van der Waals surface area contributed by atoms with E-state index in [2.05, 4.69) is 14.1 Å². The lowest BCUT2D eigenvalue weighted by Gasteiger charge is -2.06. The number of quaternary nitrogens is 1. The second-order valence-electron chi connectivity index (χ2n) is 3.83. The van der Waals surface area contributed by atoms with Crippen molar-refractivity contribution in [3.63, 3.8) is 0 Å². The van der Waals surface area contributed by atoms with Gasteiger partial charge in [-0.2, -0.15) is 0 Å². The molecule has 0 unspecified atom stereocenters. The van der Waals surface area contributed by atoms with Crippen molar-refractivity contribution in [3.05, 3.63) is 30.2 Å². The molecule has 0 amide bonds. The van der Waals surface area contributed by atoms with Crippen LogP contribution < -0.4 is 4.90 Å². The van der Waals surface area contributed by atoms with Gasteiger partial charge in [0.2, 0.25) is 0 Å². The fourth-order valence-corrected chi connectivity index (χ4v) is 1.18. The molecule has 88 valence electrons. The number of carbonyl (C=O) groups is 1. The van der Waals surface area contributed by atoms with E-state index in [4.69, 9.17) is 9.15 Å². The molecule has 0 atom stereocenters. The molecule has 0 radical (unpaired) electrons. The number of furan rings is 1. The van der Waals surface area contributed by atoms with E-state index < -0.39 is 0 Å². The van der Waals surface area contributed by atoms with Crippen LogP contribution in [-0.4, -0.2) is 33.2 Å². The van der Waals surface area contributed by atoms with Crippen molar-refractivity contribution in [2.45, 2.75) is 6.42 Å². The van der Waals surface area contributed by atoms with Gasteiger partial charge in [0.05, 0.1) is 33.5 Å². The van der Waals surface area contributed by atoms with E-state index in [1.807, 2.05) is 0 Å². The Bertz CT molecular complexity index is 328. The Morgan fingerprint density at radius 1 is 1.56 bits per heavy atom. The summed E-state index contributed by atoms with van der Waals surface area (Å²) in [5.41, 5.74) is 0. The van der Waals surface area contributed by atoms with Crippen molar-refractivity contribution in [1.29, 1.82) is 0 Å². The highest BCUT2D eigenvalue weighted by Gasteiger charge is 1.99. The van der Waals surface area contributed by atoms with Gasteiger partial charge in [0.1, 0.15) is 5.76 Å². The zero-order chi connectivity index (χ0) is 11.8. The van der Waals surface area contributed by atoms with Gasteiger partial charge in [0, 0.05) is 12.5 Å². The average Bonchev–Trinajstić information content (AvgIpc) is 2.74. The number of nitrogens with one attached hydrogen (secondary N) is 1. The summed E-state index contributed by atoms with van der Waals surface area (Å²) in [6.45, 7) is 1.46. The minimum Gasteiger partial charge on any atom is -0.465 e. The molecule has 16 heavy (non-hydrogen) atoms. The highest BCUT2D eigenvalue weighted by atomic mass is 16.5. The van der Waals surface area contributed by atoms with Crippen LogP contribution in [0.15, 0.2) is 28.9 Å². The number of esters is 1. The molecule has 0 fully saturated rings. The standard InChI is InChI=1S/C12H17NO3/c1-13(2)8-4-10-16-12(14)7-6-11-5-3-9-15-11/h3,5-7,9H,4,8,10H2,1-2H3/p+1. The highest BCUT2D eigenvalue weighted by Crippen LogP contribution is 2.02. The quantitative estimate of drug-likeness (QED) is 0.431. The fraction of sp³-hybridized carbons (Fsp3) is 0.417. The van der Waals surface area contributed by atoms with Crippen LogP contribution in [0, 0.1) is 0 Å². The van der Waals surface area contributed by atoms with E-state index in [-0.39, 0.29) is 5.97 Å². The molecule has 0 aliphatic heterocycles. The van der Waals surface area contributed by atoms with Gasteiger partial charge < -0.3 is 14.1 Å². The zero-order valence-corrected chi connectivity index (χ0v) is 9.73. The van der Waals surface area contributed by atoms with E-state index in [9.17, 15) is 4.79 Å². The van der Waals surface area contributed by atoms with Crippen molar-refractivity contribution in [3.8, 4) is 0 Å². The summed E-state index contributed by atoms with van der Waals surface area (Å²) in [5.74, 6) is 0.319. The van der Waals surface area contributed by atoms with Crippen LogP contribution in [-0.2, 0) is 9.53 Å². The molecule has 4 heteroatoms. The van der Waals surface area contributed by atoms with Gasteiger partial charge in [0.15, 0.2) is 0 Å². The molecule has 0 saturated heterocycles. The number of carbonyl (C=O) groups excluding carboxylic acids is 1. The summed E-state index contributed by atoms with van der Waals surface area (Å²) in [5, 5.41) is 0. The normalized spacial score (nSPS) is 11.2. The Kier molecular flexibility index (Phi) is 5.36. The second-order valence-corrected chi connectivity index (χ2v) is 3.83. The summed E-state index contributed by atoms with van der Waals surface area (Å²) in [4.78, 5) is 12.6. The van der Waals surface area contributed by atoms with E-state index >= 15 is 0 Å². The van der Waals surface area contributed by atoms with Crippen molar-refractivity contribution in [2.75, 3.05) is 27.2 Å². The SMILES string of the molecule is C[NH+](C)CCCOC(=O)C=Cc1ccco1. The van der Waals surface area contributed by atoms with Crippen molar-refractivity contribution < 1.29 is 18.8 Å². The molecule has 0 bridgehead atoms. The van der Waals surface area contributed by atoms with Crippen molar-refractivity contribution in [1.82, 2.24) is 0 Å². The lowest BCUT2D eigenvalue weighted by molar-refractivity contribution is -0.858. The van der Waals surface area contributed by atoms with E-state index in [0.29, 0.717) is 12.4 Å². The third kappa shape index (κ3) is 5.36. The first-order valence-electron chi connectivity index (χ1n) is 5.36. The average molecular weight is 224 g/mol. The van der Waals surface area contributed by atoms with Gasteiger partial charge in [-0.05, 0) is 18.2 Å². The number of hydrogen-bond acceptors (Lipinski definition) is 3. The molecule has 1 aromatic heterocycles. The summed E-state index contributed by atoms with van der Waals surface area (Å²) < 4.78 is 10.1. The lowest BCUT2D eigenvalue weighted by Crippen LogP contribution is -3.05. The van der Waals surface area contributed by atoms with Gasteiger partial charge in [-0.1, -0.05) is 0 Å². The van der Waals surface area contributed by atoms with Gasteiger partial charge in [-0.15, -0.1) is 0 Å². The Balaban J connectivity index is 2.16. The van der Waals surface area contributed by atoms with Crippen LogP contribution in [0.1, 0.15) is 12.2 Å². The summed E-state index contributed by atoms with van der Waals surface area (Å²) in [6, 6.07) is 3.55. The molecule has 1 N–H and O–H groups in total. The molecule has 0 aliphatic carbocycles. The minimum absolute atomic E-state index is 0.329. The minimum atomic E-state index is -0.329. The number of rotatable bonds is 6. The number of ether oxygens (including phenoxy) is 1. The summed E-state index contributed by atoms with van der Waals surface area (Å²) in [6.07, 6.45) is 5.41. The predicted octanol–water partition coefficient (Wildman–Crippen LogP) is 0.371. The second kappa shape index (κ2) is 6.85. The van der Waals surface area contributed by atoms with Crippen LogP contribution >= 0.6 is 0 Å². The van der Waals surface area contributed by atoms with Crippen LogP contribution in [0.4, 0.5) is 0 Å². The molecule has 1 aromatic rings. The Morgan fingerprint density at radius 3 is 3.00 bits per heavy atom. The summed E-state index contributed by atoms with van der Waals surface area (Å²) in [7, 11) is 4.14. The monoisotopic (exact) mass is 224 g/mol. The first-order valence-corrected chi connectivity index (χ1v) is 5.36. The van der Waals surface area contributed by atoms with Crippen LogP contribution in [0.5, 0.6) is 0 Å². The predicted molar refractivity (Wildman–Crippen MR) is 61.0 cm³/mol. The smallest absolute Gasteiger partial charge is 0.330 e. The Hall–Kier alpha value is -1.55. The first kappa shape index (κ1) is 12.5. The molecule has 1 heterocycles. The maximum Gasteiger partial charge on any atom is 0.330 e. The molecule has 0 saturated carbocycles. The highest BCUT2D eigenvalue weighted by molar-refractivity contribution is 5.86. The largest absolute Gasteiger partial charge is 0.465 e. The van der Waals surface area contributed by atoms with Gasteiger partial charge in [-0.25, -0.2) is 4.79 Å². The maximum atomic E-state index is 11.2. The third-order valence-electron chi connectivity index (χ3n) is 1.99. The fourth-order valence-electron chi connectivity index (χ4n) is 1.18. The van der Waals surface area contributed by atoms with Crippen molar-refractivity contribution >= 4 is 12.0 Å². The third-order valence-corrected chi connectivity index (χ3v) is 1.99. The van der Waals surface area contributed by atoms with Gasteiger partial charge in [-0.3, -0.25) is 0 Å². The first-order chi connectivity index (χ1) is 7.68. The molecule has 0 aliphatic rings. The lowest BCUT2D eigenvalue weighted by atomic mass is 10.4. The number of hydrogen-bond donors (Lipinski definition) is 1. The van der Waals surface area contributed by atoms with E-state index in [1.165, 1.54) is 11.0 Å². The van der Waals surface area contributed by atoms with Crippen molar-refractivity contribution in [2.24, 2.45) is 0 Å². The molecule has 0 aromatic carbocycles. The maximum absolute atomic E-state index is 11.2. The molecular formula is C12H18NO3+. The van der Waals surface area contributed by atoms with E-state index in [0.717, 1.165) is 13.0 Å². The Morgan fingerprint density at radius 2 is 2.38 bits per heavy atom. The van der Waals surface area contributed by atoms with E-state index in [1.54, 1.807) is 24.5 Å². The molecule has 4 nitrogen and oxygen atoms in total. The zero-order valence-electron chi connectivity index (χ0n) is 9.73. The van der Waals surface area contributed by atoms with Crippen LogP contribution in [0.25, 0.3) is 6.08 Å². The molecular weight excluding hydrogens is 206 g/mol. The Labute approximate surface area is 95.5 Å². The molecule has 1 rings (SSSR count).